The Labute approximate surface area is 94.8 Å². The molecule has 0 unspecified atom stereocenters. The number of hydrogen-bond donors (Lipinski definition) is 0. The Balaban J connectivity index is 3.18. The fourth-order valence-corrected chi connectivity index (χ4v) is 1.76. The number of allylic oxidation sites excluding steroid dienone is 4. The van der Waals surface area contributed by atoms with Gasteiger partial charge in [-0.25, -0.2) is 0 Å². The van der Waals surface area contributed by atoms with E-state index in [0.717, 1.165) is 11.1 Å². The summed E-state index contributed by atoms with van der Waals surface area (Å²) in [5.74, 6) is 0. The molecule has 1 rings (SSSR count). The molecule has 0 heterocycles. The lowest BCUT2D eigenvalue weighted by atomic mass is 10.1. The molecule has 0 N–H and O–H groups in total. The molecule has 0 spiro atoms. The van der Waals surface area contributed by atoms with Crippen molar-refractivity contribution in [2.45, 2.75) is 13.8 Å². The first-order valence-corrected chi connectivity index (χ1v) is 5.19. The standard InChI is InChI=1S/C12H12Cl2/c1-3-5-9(4-2)11-7-6-10(13)8-12(11)14/h3-8H,1-2H3. The maximum absolute atomic E-state index is 6.08. The van der Waals surface area contributed by atoms with E-state index in [9.17, 15) is 0 Å². The van der Waals surface area contributed by atoms with E-state index in [0.29, 0.717) is 10.0 Å². The predicted molar refractivity (Wildman–Crippen MR) is 64.9 cm³/mol. The Morgan fingerprint density at radius 1 is 1.21 bits per heavy atom. The summed E-state index contributed by atoms with van der Waals surface area (Å²) in [4.78, 5) is 0. The summed E-state index contributed by atoms with van der Waals surface area (Å²) in [5.41, 5.74) is 2.12. The molecular formula is C12H12Cl2. The summed E-state index contributed by atoms with van der Waals surface area (Å²) >= 11 is 11.9. The van der Waals surface area contributed by atoms with E-state index < -0.39 is 0 Å². The topological polar surface area (TPSA) is 0 Å². The normalized spacial score (nSPS) is 12.4. The van der Waals surface area contributed by atoms with Crippen LogP contribution in [-0.4, -0.2) is 0 Å². The fraction of sp³-hybridized carbons (Fsp3) is 0.167. The SMILES string of the molecule is CC=CC(=CC)c1ccc(Cl)cc1Cl. The first-order valence-electron chi connectivity index (χ1n) is 4.43. The van der Waals surface area contributed by atoms with Gasteiger partial charge in [0.2, 0.25) is 0 Å². The highest BCUT2D eigenvalue weighted by Gasteiger charge is 2.03. The zero-order valence-corrected chi connectivity index (χ0v) is 9.73. The van der Waals surface area contributed by atoms with Crippen molar-refractivity contribution in [3.05, 3.63) is 52.0 Å². The van der Waals surface area contributed by atoms with Crippen molar-refractivity contribution in [3.8, 4) is 0 Å². The molecule has 0 aliphatic heterocycles. The molecule has 0 saturated carbocycles. The Morgan fingerprint density at radius 2 is 1.93 bits per heavy atom. The number of halogens is 2. The van der Waals surface area contributed by atoms with Gasteiger partial charge in [0.15, 0.2) is 0 Å². The molecule has 1 aromatic carbocycles. The van der Waals surface area contributed by atoms with Crippen LogP contribution in [0.4, 0.5) is 0 Å². The van der Waals surface area contributed by atoms with Gasteiger partial charge in [0.1, 0.15) is 0 Å². The monoisotopic (exact) mass is 226 g/mol. The van der Waals surface area contributed by atoms with Gasteiger partial charge in [-0.3, -0.25) is 0 Å². The fourth-order valence-electron chi connectivity index (χ4n) is 1.24. The summed E-state index contributed by atoms with van der Waals surface area (Å²) in [6, 6.07) is 5.53. The van der Waals surface area contributed by atoms with Crippen molar-refractivity contribution in [3.63, 3.8) is 0 Å². The second-order valence-corrected chi connectivity index (χ2v) is 3.71. The van der Waals surface area contributed by atoms with Gasteiger partial charge in [0.25, 0.3) is 0 Å². The minimum Gasteiger partial charge on any atom is -0.0871 e. The molecule has 2 heteroatoms. The average Bonchev–Trinajstić information content (AvgIpc) is 2.15. The van der Waals surface area contributed by atoms with Crippen LogP contribution in [-0.2, 0) is 0 Å². The highest BCUT2D eigenvalue weighted by molar-refractivity contribution is 6.35. The highest BCUT2D eigenvalue weighted by atomic mass is 35.5. The van der Waals surface area contributed by atoms with Crippen molar-refractivity contribution in [1.29, 1.82) is 0 Å². The zero-order valence-electron chi connectivity index (χ0n) is 8.22. The number of benzene rings is 1. The molecule has 0 aromatic heterocycles. The van der Waals surface area contributed by atoms with Gasteiger partial charge in [-0.15, -0.1) is 0 Å². The molecule has 0 atom stereocenters. The van der Waals surface area contributed by atoms with E-state index in [1.807, 2.05) is 44.2 Å². The lowest BCUT2D eigenvalue weighted by Crippen LogP contribution is -1.82. The Hall–Kier alpha value is -0.720. The molecule has 0 aliphatic carbocycles. The van der Waals surface area contributed by atoms with Crippen molar-refractivity contribution >= 4 is 28.8 Å². The van der Waals surface area contributed by atoms with E-state index >= 15 is 0 Å². The van der Waals surface area contributed by atoms with Crippen molar-refractivity contribution in [2.24, 2.45) is 0 Å². The van der Waals surface area contributed by atoms with E-state index in [4.69, 9.17) is 23.2 Å². The van der Waals surface area contributed by atoms with Crippen LogP contribution in [0.2, 0.25) is 10.0 Å². The van der Waals surface area contributed by atoms with Crippen molar-refractivity contribution in [1.82, 2.24) is 0 Å². The van der Waals surface area contributed by atoms with Crippen LogP contribution in [0.15, 0.2) is 36.4 Å². The first-order chi connectivity index (χ1) is 6.69. The van der Waals surface area contributed by atoms with Gasteiger partial charge in [-0.2, -0.15) is 0 Å². The summed E-state index contributed by atoms with van der Waals surface area (Å²) < 4.78 is 0. The molecule has 0 nitrogen and oxygen atoms in total. The average molecular weight is 227 g/mol. The lowest BCUT2D eigenvalue weighted by molar-refractivity contribution is 1.58. The highest BCUT2D eigenvalue weighted by Crippen LogP contribution is 2.27. The molecule has 74 valence electrons. The largest absolute Gasteiger partial charge is 0.0871 e. The summed E-state index contributed by atoms with van der Waals surface area (Å²) in [6.07, 6.45) is 6.03. The summed E-state index contributed by atoms with van der Waals surface area (Å²) in [7, 11) is 0. The number of rotatable bonds is 2. The molecule has 14 heavy (non-hydrogen) atoms. The van der Waals surface area contributed by atoms with Crippen LogP contribution in [0.1, 0.15) is 19.4 Å². The van der Waals surface area contributed by atoms with Crippen molar-refractivity contribution in [2.75, 3.05) is 0 Å². The van der Waals surface area contributed by atoms with Crippen LogP contribution in [0.3, 0.4) is 0 Å². The Morgan fingerprint density at radius 3 is 2.43 bits per heavy atom. The molecule has 0 amide bonds. The minimum absolute atomic E-state index is 0.662. The van der Waals surface area contributed by atoms with E-state index in [2.05, 4.69) is 0 Å². The Kier molecular flexibility index (Phi) is 4.24. The van der Waals surface area contributed by atoms with Gasteiger partial charge in [0.05, 0.1) is 0 Å². The molecule has 0 saturated heterocycles. The van der Waals surface area contributed by atoms with Crippen LogP contribution >= 0.6 is 23.2 Å². The van der Waals surface area contributed by atoms with Crippen LogP contribution in [0.5, 0.6) is 0 Å². The lowest BCUT2D eigenvalue weighted by Gasteiger charge is -2.05. The van der Waals surface area contributed by atoms with Gasteiger partial charge >= 0.3 is 0 Å². The van der Waals surface area contributed by atoms with Gasteiger partial charge in [-0.05, 0) is 31.6 Å². The van der Waals surface area contributed by atoms with Gasteiger partial charge in [0, 0.05) is 15.6 Å². The second-order valence-electron chi connectivity index (χ2n) is 2.87. The van der Waals surface area contributed by atoms with Gasteiger partial charge < -0.3 is 0 Å². The van der Waals surface area contributed by atoms with Crippen LogP contribution in [0.25, 0.3) is 5.57 Å². The molecule has 0 radical (unpaired) electrons. The minimum atomic E-state index is 0.662. The van der Waals surface area contributed by atoms with E-state index in [-0.39, 0.29) is 0 Å². The quantitative estimate of drug-likeness (QED) is 0.625. The summed E-state index contributed by atoms with van der Waals surface area (Å²) in [6.45, 7) is 3.97. The van der Waals surface area contributed by atoms with E-state index in [1.165, 1.54) is 0 Å². The molecule has 0 aliphatic rings. The van der Waals surface area contributed by atoms with E-state index in [1.54, 1.807) is 6.07 Å². The van der Waals surface area contributed by atoms with Crippen molar-refractivity contribution < 1.29 is 0 Å². The molecule has 0 bridgehead atoms. The first kappa shape index (κ1) is 11.4. The summed E-state index contributed by atoms with van der Waals surface area (Å²) in [5, 5.41) is 1.35. The predicted octanol–water partition coefficient (Wildman–Crippen LogP) is 4.97. The number of hydrogen-bond acceptors (Lipinski definition) is 0. The zero-order chi connectivity index (χ0) is 10.6. The molecular weight excluding hydrogens is 215 g/mol. The smallest absolute Gasteiger partial charge is 0.0499 e. The third-order valence-electron chi connectivity index (χ3n) is 1.90. The maximum Gasteiger partial charge on any atom is 0.0499 e. The third kappa shape index (κ3) is 2.63. The van der Waals surface area contributed by atoms with Gasteiger partial charge in [-0.1, -0.05) is 47.5 Å². The maximum atomic E-state index is 6.08. The second kappa shape index (κ2) is 5.23. The van der Waals surface area contributed by atoms with Crippen LogP contribution in [0, 0.1) is 0 Å². The molecule has 1 aromatic rings. The Bertz CT molecular complexity index is 376. The van der Waals surface area contributed by atoms with Crippen LogP contribution < -0.4 is 0 Å². The third-order valence-corrected chi connectivity index (χ3v) is 2.45. The molecule has 0 fully saturated rings.